The Hall–Kier alpha value is -1.87. The van der Waals surface area contributed by atoms with E-state index in [1.165, 1.54) is 6.92 Å². The molecule has 0 amide bonds. The summed E-state index contributed by atoms with van der Waals surface area (Å²) in [7, 11) is -4.25. The van der Waals surface area contributed by atoms with Crippen LogP contribution < -0.4 is 16.3 Å². The molecule has 6 atom stereocenters. The van der Waals surface area contributed by atoms with E-state index in [2.05, 4.69) is 5.09 Å². The van der Waals surface area contributed by atoms with E-state index in [9.17, 15) is 33.2 Å². The first-order chi connectivity index (χ1) is 17.8. The monoisotopic (exact) mass is 583 g/mol. The molecule has 0 saturated carbocycles. The van der Waals surface area contributed by atoms with E-state index in [0.29, 0.717) is 0 Å². The van der Waals surface area contributed by atoms with Crippen molar-refractivity contribution in [1.29, 1.82) is 0 Å². The molecule has 1 aromatic rings. The summed E-state index contributed by atoms with van der Waals surface area (Å²) in [6, 6.07) is -0.0788. The van der Waals surface area contributed by atoms with E-state index in [4.69, 9.17) is 18.5 Å². The van der Waals surface area contributed by atoms with Crippen molar-refractivity contribution >= 4 is 30.6 Å². The molecule has 0 aliphatic carbocycles. The van der Waals surface area contributed by atoms with Gasteiger partial charge in [-0.15, -0.1) is 0 Å². The fourth-order valence-electron chi connectivity index (χ4n) is 3.38. The van der Waals surface area contributed by atoms with E-state index in [-0.39, 0.29) is 23.4 Å². The third kappa shape index (κ3) is 9.11. The number of aromatic amines is 1. The molecule has 0 unspecified atom stereocenters. The highest BCUT2D eigenvalue weighted by atomic mass is 32.2. The van der Waals surface area contributed by atoms with E-state index in [0.717, 1.165) is 28.6 Å². The fraction of sp³-hybridized carbons (Fsp3) is 0.727. The Morgan fingerprint density at radius 3 is 2.53 bits per heavy atom. The number of carbonyl (C=O) groups excluding carboxylic acids is 2. The predicted molar refractivity (Wildman–Crippen MR) is 136 cm³/mol. The van der Waals surface area contributed by atoms with Gasteiger partial charge in [0.25, 0.3) is 5.56 Å². The van der Waals surface area contributed by atoms with E-state index < -0.39 is 74.7 Å². The van der Waals surface area contributed by atoms with Crippen LogP contribution in [0.1, 0.15) is 40.8 Å². The number of ether oxygens (including phenoxy) is 2. The first-order valence-electron chi connectivity index (χ1n) is 12.0. The standard InChI is InChI=1S/C22H35FN3O10PS/c1-12(2)21(30)38-9-8-33-37(32,25-14(5)20(29)35-13(3)4)34-11-16-15(10-23)18(28)19(36-16)26-7-6-17(27)24-22(26)31/h6-7,12-16,18-19,28H,8-11H2,1-5H3,(H,25,32)(H,24,27,31)/t14-,15+,16+,18+,19+,37+/m0/s1. The van der Waals surface area contributed by atoms with Crippen molar-refractivity contribution in [3.05, 3.63) is 33.1 Å². The maximum atomic E-state index is 13.8. The maximum Gasteiger partial charge on any atom is 0.406 e. The third-order valence-corrected chi connectivity index (χ3v) is 8.19. The highest BCUT2D eigenvalue weighted by molar-refractivity contribution is 8.13. The third-order valence-electron chi connectivity index (χ3n) is 5.35. The number of halogens is 1. The van der Waals surface area contributed by atoms with Crippen LogP contribution in [0.5, 0.6) is 0 Å². The van der Waals surface area contributed by atoms with Gasteiger partial charge in [0.05, 0.1) is 32.1 Å². The molecule has 3 N–H and O–H groups in total. The molecule has 1 aliphatic heterocycles. The Balaban J connectivity index is 2.15. The summed E-state index contributed by atoms with van der Waals surface area (Å²) in [4.78, 5) is 49.6. The molecular weight excluding hydrogens is 548 g/mol. The van der Waals surface area contributed by atoms with Crippen LogP contribution in [0, 0.1) is 11.8 Å². The highest BCUT2D eigenvalue weighted by Gasteiger charge is 2.46. The largest absolute Gasteiger partial charge is 0.462 e. The second kappa shape index (κ2) is 14.5. The number of carbonyl (C=O) groups is 2. The van der Waals surface area contributed by atoms with E-state index in [1.54, 1.807) is 27.7 Å². The number of rotatable bonds is 14. The van der Waals surface area contributed by atoms with Crippen LogP contribution in [0.4, 0.5) is 4.39 Å². The molecule has 0 spiro atoms. The average molecular weight is 584 g/mol. The number of thioether (sulfide) groups is 1. The number of H-pyrrole nitrogens is 1. The average Bonchev–Trinajstić information content (AvgIpc) is 3.14. The fourth-order valence-corrected chi connectivity index (χ4v) is 5.68. The van der Waals surface area contributed by atoms with Gasteiger partial charge in [-0.3, -0.25) is 37.4 Å². The molecule has 1 aliphatic rings. The normalized spacial score (nSPS) is 23.9. The number of nitrogens with one attached hydrogen (secondary N) is 2. The summed E-state index contributed by atoms with van der Waals surface area (Å²) in [5.41, 5.74) is -1.54. The maximum absolute atomic E-state index is 13.8. The number of hydrogen-bond acceptors (Lipinski definition) is 11. The van der Waals surface area contributed by atoms with Gasteiger partial charge in [-0.1, -0.05) is 25.6 Å². The molecule has 216 valence electrons. The van der Waals surface area contributed by atoms with Crippen LogP contribution >= 0.6 is 19.5 Å². The van der Waals surface area contributed by atoms with Gasteiger partial charge in [-0.25, -0.2) is 14.4 Å². The smallest absolute Gasteiger partial charge is 0.406 e. The van der Waals surface area contributed by atoms with Crippen LogP contribution in [0.2, 0.25) is 0 Å². The molecule has 38 heavy (non-hydrogen) atoms. The lowest BCUT2D eigenvalue weighted by Gasteiger charge is -2.25. The lowest BCUT2D eigenvalue weighted by molar-refractivity contribution is -0.149. The van der Waals surface area contributed by atoms with Gasteiger partial charge in [0.15, 0.2) is 11.3 Å². The van der Waals surface area contributed by atoms with Crippen LogP contribution in [0.3, 0.4) is 0 Å². The van der Waals surface area contributed by atoms with Crippen molar-refractivity contribution in [2.75, 3.05) is 25.6 Å². The Morgan fingerprint density at radius 2 is 1.95 bits per heavy atom. The zero-order valence-electron chi connectivity index (χ0n) is 21.8. The lowest BCUT2D eigenvalue weighted by atomic mass is 10.00. The summed E-state index contributed by atoms with van der Waals surface area (Å²) in [6.07, 6.45) is -3.35. The van der Waals surface area contributed by atoms with Gasteiger partial charge >= 0.3 is 19.4 Å². The molecule has 0 bridgehead atoms. The van der Waals surface area contributed by atoms with Crippen molar-refractivity contribution in [2.45, 2.75) is 65.2 Å². The SMILES string of the molecule is CC(C)OC(=O)[C@H](C)N[P@@](=O)(OCCSC(=O)C(C)C)OC[C@H]1O[C@@H](n2ccc(=O)[nH]c2=O)[C@H](O)[C@@H]1CF. The van der Waals surface area contributed by atoms with Gasteiger partial charge in [-0.2, -0.15) is 0 Å². The van der Waals surface area contributed by atoms with Crippen LogP contribution in [-0.4, -0.2) is 75.7 Å². The second-order valence-electron chi connectivity index (χ2n) is 9.18. The van der Waals surface area contributed by atoms with Crippen molar-refractivity contribution in [2.24, 2.45) is 11.8 Å². The van der Waals surface area contributed by atoms with Crippen LogP contribution in [0.15, 0.2) is 21.9 Å². The summed E-state index contributed by atoms with van der Waals surface area (Å²) < 4.78 is 49.9. The Kier molecular flexibility index (Phi) is 12.3. The summed E-state index contributed by atoms with van der Waals surface area (Å²) >= 11 is 0.982. The van der Waals surface area contributed by atoms with Gasteiger partial charge in [0.1, 0.15) is 12.1 Å². The molecule has 1 saturated heterocycles. The van der Waals surface area contributed by atoms with Crippen molar-refractivity contribution in [3.8, 4) is 0 Å². The van der Waals surface area contributed by atoms with Gasteiger partial charge in [0, 0.05) is 29.9 Å². The van der Waals surface area contributed by atoms with Gasteiger partial charge in [-0.05, 0) is 20.8 Å². The van der Waals surface area contributed by atoms with Crippen molar-refractivity contribution in [3.63, 3.8) is 0 Å². The van der Waals surface area contributed by atoms with Crippen LogP contribution in [0.25, 0.3) is 0 Å². The molecule has 2 rings (SSSR count). The lowest BCUT2D eigenvalue weighted by Crippen LogP contribution is -2.37. The minimum absolute atomic E-state index is 0.0890. The molecule has 13 nitrogen and oxygen atoms in total. The van der Waals surface area contributed by atoms with Crippen LogP contribution in [-0.2, 0) is 32.7 Å². The molecule has 16 heteroatoms. The molecule has 0 radical (unpaired) electrons. The zero-order valence-corrected chi connectivity index (χ0v) is 23.5. The Morgan fingerprint density at radius 1 is 1.26 bits per heavy atom. The first kappa shape index (κ1) is 32.3. The highest BCUT2D eigenvalue weighted by Crippen LogP contribution is 2.46. The number of aliphatic hydroxyl groups is 1. The Bertz CT molecular complexity index is 1110. The summed E-state index contributed by atoms with van der Waals surface area (Å²) in [5.74, 6) is -1.95. The zero-order chi connectivity index (χ0) is 28.6. The quantitative estimate of drug-likeness (QED) is 0.163. The van der Waals surface area contributed by atoms with Crippen molar-refractivity contribution < 1.29 is 42.2 Å². The molecule has 1 fully saturated rings. The van der Waals surface area contributed by atoms with E-state index >= 15 is 0 Å². The van der Waals surface area contributed by atoms with E-state index in [1.807, 2.05) is 4.98 Å². The first-order valence-corrected chi connectivity index (χ1v) is 14.6. The molecule has 0 aromatic carbocycles. The Labute approximate surface area is 223 Å². The number of nitrogens with zero attached hydrogens (tertiary/aromatic N) is 1. The minimum Gasteiger partial charge on any atom is -0.462 e. The summed E-state index contributed by atoms with van der Waals surface area (Å²) in [6.45, 7) is 6.35. The number of aromatic nitrogens is 2. The molecular formula is C22H35FN3O10PS. The van der Waals surface area contributed by atoms with Gasteiger partial charge in [0.2, 0.25) is 0 Å². The number of hydrogen-bond donors (Lipinski definition) is 3. The minimum atomic E-state index is -4.25. The molecule has 2 heterocycles. The molecule has 1 aromatic heterocycles. The van der Waals surface area contributed by atoms with Gasteiger partial charge < -0.3 is 14.6 Å². The summed E-state index contributed by atoms with van der Waals surface area (Å²) in [5, 5.41) is 13.0. The predicted octanol–water partition coefficient (Wildman–Crippen LogP) is 1.37. The van der Waals surface area contributed by atoms with Crippen molar-refractivity contribution in [1.82, 2.24) is 14.6 Å². The number of aliphatic hydroxyl groups excluding tert-OH is 1. The topological polar surface area (TPSA) is 175 Å². The second-order valence-corrected chi connectivity index (χ2v) is 12.0. The number of esters is 1. The number of alkyl halides is 1.